The highest BCUT2D eigenvalue weighted by atomic mass is 16.3. The molecule has 1 aromatic rings. The minimum atomic E-state index is 0.761. The van der Waals surface area contributed by atoms with E-state index >= 15 is 0 Å². The van der Waals surface area contributed by atoms with Gasteiger partial charge in [-0.3, -0.25) is 4.90 Å². The lowest BCUT2D eigenvalue weighted by atomic mass is 9.94. The van der Waals surface area contributed by atoms with E-state index in [-0.39, 0.29) is 0 Å². The molecule has 19 heavy (non-hydrogen) atoms. The zero-order chi connectivity index (χ0) is 13.7. The Bertz CT molecular complexity index is 380. The SMILES string of the molecule is CCN(Cc1cc(CNC)c(C)o1)C1CCCCC1. The third-order valence-corrected chi connectivity index (χ3v) is 4.30. The summed E-state index contributed by atoms with van der Waals surface area (Å²) in [5, 5.41) is 3.20. The number of nitrogens with zero attached hydrogens (tertiary/aromatic N) is 1. The first-order valence-corrected chi connectivity index (χ1v) is 7.71. The second kappa shape index (κ2) is 7.11. The predicted molar refractivity (Wildman–Crippen MR) is 79.2 cm³/mol. The largest absolute Gasteiger partial charge is 0.465 e. The van der Waals surface area contributed by atoms with Gasteiger partial charge in [0.15, 0.2) is 0 Å². The molecule has 1 N–H and O–H groups in total. The van der Waals surface area contributed by atoms with E-state index in [0.717, 1.165) is 37.2 Å². The van der Waals surface area contributed by atoms with E-state index in [2.05, 4.69) is 30.1 Å². The molecule has 1 heterocycles. The lowest BCUT2D eigenvalue weighted by Gasteiger charge is -2.32. The molecule has 0 radical (unpaired) electrons. The first-order valence-electron chi connectivity index (χ1n) is 7.71. The summed E-state index contributed by atoms with van der Waals surface area (Å²) in [5.41, 5.74) is 1.29. The third kappa shape index (κ3) is 3.83. The molecule has 2 rings (SSSR count). The van der Waals surface area contributed by atoms with Crippen LogP contribution in [0, 0.1) is 6.92 Å². The molecule has 0 spiro atoms. The molecule has 0 aliphatic heterocycles. The molecule has 1 fully saturated rings. The molecule has 0 bridgehead atoms. The van der Waals surface area contributed by atoms with Gasteiger partial charge < -0.3 is 9.73 Å². The van der Waals surface area contributed by atoms with Crippen LogP contribution in [0.25, 0.3) is 0 Å². The molecule has 3 heteroatoms. The summed E-state index contributed by atoms with van der Waals surface area (Å²) in [6.45, 7) is 7.30. The normalized spacial score (nSPS) is 17.3. The van der Waals surface area contributed by atoms with Crippen molar-refractivity contribution in [2.24, 2.45) is 0 Å². The van der Waals surface area contributed by atoms with Gasteiger partial charge in [-0.25, -0.2) is 0 Å². The van der Waals surface area contributed by atoms with Crippen molar-refractivity contribution in [1.82, 2.24) is 10.2 Å². The quantitative estimate of drug-likeness (QED) is 0.853. The van der Waals surface area contributed by atoms with Gasteiger partial charge in [-0.1, -0.05) is 26.2 Å². The van der Waals surface area contributed by atoms with Gasteiger partial charge >= 0.3 is 0 Å². The van der Waals surface area contributed by atoms with Gasteiger partial charge in [0.1, 0.15) is 11.5 Å². The summed E-state index contributed by atoms with van der Waals surface area (Å²) >= 11 is 0. The summed E-state index contributed by atoms with van der Waals surface area (Å²) < 4.78 is 5.91. The van der Waals surface area contributed by atoms with E-state index in [1.165, 1.54) is 37.7 Å². The minimum Gasteiger partial charge on any atom is -0.465 e. The zero-order valence-electron chi connectivity index (χ0n) is 12.7. The fourth-order valence-electron chi connectivity index (χ4n) is 3.18. The number of furan rings is 1. The number of hydrogen-bond donors (Lipinski definition) is 1. The fourth-order valence-corrected chi connectivity index (χ4v) is 3.18. The molecule has 0 atom stereocenters. The van der Waals surface area contributed by atoms with Gasteiger partial charge in [0, 0.05) is 18.2 Å². The fraction of sp³-hybridized carbons (Fsp3) is 0.750. The highest BCUT2D eigenvalue weighted by Gasteiger charge is 2.21. The molecule has 3 nitrogen and oxygen atoms in total. The Morgan fingerprint density at radius 1 is 1.32 bits per heavy atom. The van der Waals surface area contributed by atoms with Crippen molar-refractivity contribution in [2.75, 3.05) is 13.6 Å². The highest BCUT2D eigenvalue weighted by molar-refractivity contribution is 5.20. The molecule has 0 unspecified atom stereocenters. The smallest absolute Gasteiger partial charge is 0.118 e. The van der Waals surface area contributed by atoms with Crippen molar-refractivity contribution in [3.05, 3.63) is 23.2 Å². The molecule has 1 saturated carbocycles. The van der Waals surface area contributed by atoms with E-state index in [9.17, 15) is 0 Å². The second-order valence-corrected chi connectivity index (χ2v) is 5.68. The summed E-state index contributed by atoms with van der Waals surface area (Å²) in [5.74, 6) is 2.18. The van der Waals surface area contributed by atoms with Gasteiger partial charge in [0.05, 0.1) is 6.54 Å². The Morgan fingerprint density at radius 3 is 2.68 bits per heavy atom. The maximum absolute atomic E-state index is 5.91. The summed E-state index contributed by atoms with van der Waals surface area (Å²) in [7, 11) is 1.98. The van der Waals surface area contributed by atoms with Crippen LogP contribution < -0.4 is 5.32 Å². The third-order valence-electron chi connectivity index (χ3n) is 4.30. The first-order chi connectivity index (χ1) is 9.24. The van der Waals surface area contributed by atoms with E-state index in [1.807, 2.05) is 7.05 Å². The zero-order valence-corrected chi connectivity index (χ0v) is 12.7. The Kier molecular flexibility index (Phi) is 5.46. The monoisotopic (exact) mass is 264 g/mol. The first kappa shape index (κ1) is 14.6. The molecule has 1 aliphatic rings. The molecule has 1 aliphatic carbocycles. The van der Waals surface area contributed by atoms with Gasteiger partial charge in [-0.2, -0.15) is 0 Å². The van der Waals surface area contributed by atoms with Crippen LogP contribution in [0.5, 0.6) is 0 Å². The number of aryl methyl sites for hydroxylation is 1. The van der Waals surface area contributed by atoms with Gasteiger partial charge in [-0.05, 0) is 39.4 Å². The van der Waals surface area contributed by atoms with E-state index in [0.29, 0.717) is 0 Å². The lowest BCUT2D eigenvalue weighted by Crippen LogP contribution is -2.35. The summed E-state index contributed by atoms with van der Waals surface area (Å²) in [6, 6.07) is 2.98. The van der Waals surface area contributed by atoms with Crippen LogP contribution >= 0.6 is 0 Å². The van der Waals surface area contributed by atoms with Crippen molar-refractivity contribution in [3.63, 3.8) is 0 Å². The average molecular weight is 264 g/mol. The Hall–Kier alpha value is -0.800. The summed E-state index contributed by atoms with van der Waals surface area (Å²) in [6.07, 6.45) is 6.92. The van der Waals surface area contributed by atoms with Crippen molar-refractivity contribution < 1.29 is 4.42 Å². The number of nitrogens with one attached hydrogen (secondary N) is 1. The van der Waals surface area contributed by atoms with E-state index < -0.39 is 0 Å². The molecule has 0 amide bonds. The Balaban J connectivity index is 1.98. The van der Waals surface area contributed by atoms with Crippen molar-refractivity contribution >= 4 is 0 Å². The van der Waals surface area contributed by atoms with Gasteiger partial charge in [0.25, 0.3) is 0 Å². The molecule has 1 aromatic heterocycles. The van der Waals surface area contributed by atoms with Crippen LogP contribution in [0.3, 0.4) is 0 Å². The van der Waals surface area contributed by atoms with Crippen LogP contribution in [-0.2, 0) is 13.1 Å². The summed E-state index contributed by atoms with van der Waals surface area (Å²) in [4.78, 5) is 2.58. The van der Waals surface area contributed by atoms with Crippen LogP contribution in [-0.4, -0.2) is 24.5 Å². The van der Waals surface area contributed by atoms with Crippen molar-refractivity contribution in [2.45, 2.75) is 65.1 Å². The number of hydrogen-bond acceptors (Lipinski definition) is 3. The molecule has 108 valence electrons. The van der Waals surface area contributed by atoms with Crippen molar-refractivity contribution in [1.29, 1.82) is 0 Å². The average Bonchev–Trinajstić information content (AvgIpc) is 2.78. The van der Waals surface area contributed by atoms with Crippen LogP contribution in [0.15, 0.2) is 10.5 Å². The molecule has 0 aromatic carbocycles. The maximum atomic E-state index is 5.91. The highest BCUT2D eigenvalue weighted by Crippen LogP contribution is 2.25. The molecular formula is C16H28N2O. The standard InChI is InChI=1S/C16H28N2O/c1-4-18(15-8-6-5-7-9-15)12-16-10-14(11-17-3)13(2)19-16/h10,15,17H,4-9,11-12H2,1-3H3. The predicted octanol–water partition coefficient (Wildman–Crippen LogP) is 3.46. The van der Waals surface area contributed by atoms with Crippen LogP contribution in [0.4, 0.5) is 0 Å². The van der Waals surface area contributed by atoms with Crippen molar-refractivity contribution in [3.8, 4) is 0 Å². The maximum Gasteiger partial charge on any atom is 0.118 e. The Morgan fingerprint density at radius 2 is 2.05 bits per heavy atom. The molecular weight excluding hydrogens is 236 g/mol. The number of rotatable bonds is 6. The minimum absolute atomic E-state index is 0.761. The lowest BCUT2D eigenvalue weighted by molar-refractivity contribution is 0.145. The topological polar surface area (TPSA) is 28.4 Å². The molecule has 0 saturated heterocycles. The van der Waals surface area contributed by atoms with Crippen LogP contribution in [0.2, 0.25) is 0 Å². The Labute approximate surface area is 117 Å². The van der Waals surface area contributed by atoms with Gasteiger partial charge in [-0.15, -0.1) is 0 Å². The van der Waals surface area contributed by atoms with E-state index in [1.54, 1.807) is 0 Å². The van der Waals surface area contributed by atoms with Crippen LogP contribution in [0.1, 0.15) is 56.1 Å². The second-order valence-electron chi connectivity index (χ2n) is 5.68. The van der Waals surface area contributed by atoms with Gasteiger partial charge in [0.2, 0.25) is 0 Å². The van der Waals surface area contributed by atoms with E-state index in [4.69, 9.17) is 4.42 Å².